The van der Waals surface area contributed by atoms with Crippen LogP contribution in [0.15, 0.2) is 35.1 Å². The largest absolute Gasteiger partial charge is 0.370 e. The molecule has 0 spiro atoms. The molecule has 0 fully saturated rings. The summed E-state index contributed by atoms with van der Waals surface area (Å²) >= 11 is 0. The van der Waals surface area contributed by atoms with Gasteiger partial charge < -0.3 is 9.26 Å². The highest BCUT2D eigenvalue weighted by Crippen LogP contribution is 2.30. The minimum atomic E-state index is 0.528. The van der Waals surface area contributed by atoms with Crippen LogP contribution in [0.1, 0.15) is 11.3 Å². The fourth-order valence-electron chi connectivity index (χ4n) is 1.75. The summed E-state index contributed by atoms with van der Waals surface area (Å²) in [4.78, 5) is 0. The monoisotopic (exact) mass is 187 g/mol. The molecule has 1 aromatic carbocycles. The van der Waals surface area contributed by atoms with E-state index >= 15 is 0 Å². The Bertz CT molecular complexity index is 462. The standard InChI is InChI=1S/C11H9NO2/c1-2-4-9-8(3-1)5-13-7-11-10(9)6-14-12-11/h1-4,6H,5,7H2. The van der Waals surface area contributed by atoms with Crippen molar-refractivity contribution in [2.24, 2.45) is 0 Å². The van der Waals surface area contributed by atoms with Crippen LogP contribution in [0.4, 0.5) is 0 Å². The van der Waals surface area contributed by atoms with Crippen molar-refractivity contribution in [3.05, 3.63) is 41.8 Å². The van der Waals surface area contributed by atoms with Gasteiger partial charge in [0, 0.05) is 5.56 Å². The number of benzene rings is 1. The Morgan fingerprint density at radius 1 is 1.07 bits per heavy atom. The quantitative estimate of drug-likeness (QED) is 0.635. The van der Waals surface area contributed by atoms with Crippen LogP contribution in [0.25, 0.3) is 11.1 Å². The van der Waals surface area contributed by atoms with Crippen LogP contribution >= 0.6 is 0 Å². The Hall–Kier alpha value is -1.61. The van der Waals surface area contributed by atoms with E-state index in [9.17, 15) is 0 Å². The van der Waals surface area contributed by atoms with Crippen LogP contribution in [0.3, 0.4) is 0 Å². The van der Waals surface area contributed by atoms with Crippen molar-refractivity contribution in [3.8, 4) is 11.1 Å². The smallest absolute Gasteiger partial charge is 0.132 e. The number of rotatable bonds is 0. The fourth-order valence-corrected chi connectivity index (χ4v) is 1.75. The Morgan fingerprint density at radius 3 is 3.00 bits per heavy atom. The predicted molar refractivity (Wildman–Crippen MR) is 50.4 cm³/mol. The molecule has 0 aliphatic carbocycles. The molecule has 3 heteroatoms. The van der Waals surface area contributed by atoms with Gasteiger partial charge in [0.2, 0.25) is 0 Å². The van der Waals surface area contributed by atoms with Crippen molar-refractivity contribution in [1.82, 2.24) is 5.16 Å². The number of fused-ring (bicyclic) bond motifs is 3. The first-order valence-corrected chi connectivity index (χ1v) is 4.54. The van der Waals surface area contributed by atoms with E-state index in [4.69, 9.17) is 9.26 Å². The summed E-state index contributed by atoms with van der Waals surface area (Å²) in [6.45, 7) is 1.17. The molecule has 2 aromatic rings. The molecule has 0 unspecified atom stereocenters. The van der Waals surface area contributed by atoms with Gasteiger partial charge in [-0.05, 0) is 11.1 Å². The van der Waals surface area contributed by atoms with Crippen LogP contribution in [0.2, 0.25) is 0 Å². The third kappa shape index (κ3) is 1.06. The molecular formula is C11H9NO2. The molecule has 0 amide bonds. The average molecular weight is 187 g/mol. The summed E-state index contributed by atoms with van der Waals surface area (Å²) in [7, 11) is 0. The van der Waals surface area contributed by atoms with E-state index < -0.39 is 0 Å². The summed E-state index contributed by atoms with van der Waals surface area (Å²) in [5, 5.41) is 3.92. The molecule has 2 heterocycles. The molecule has 70 valence electrons. The summed E-state index contributed by atoms with van der Waals surface area (Å²) in [5.74, 6) is 0. The van der Waals surface area contributed by atoms with Crippen LogP contribution < -0.4 is 0 Å². The van der Waals surface area contributed by atoms with Crippen molar-refractivity contribution in [3.63, 3.8) is 0 Å². The minimum absolute atomic E-state index is 0.528. The molecule has 0 saturated heterocycles. The average Bonchev–Trinajstić information content (AvgIpc) is 2.61. The maximum Gasteiger partial charge on any atom is 0.132 e. The maximum absolute atomic E-state index is 5.48. The highest BCUT2D eigenvalue weighted by atomic mass is 16.5. The zero-order valence-corrected chi connectivity index (χ0v) is 7.56. The van der Waals surface area contributed by atoms with Gasteiger partial charge in [0.1, 0.15) is 12.0 Å². The van der Waals surface area contributed by atoms with Crippen molar-refractivity contribution in [1.29, 1.82) is 0 Å². The normalized spacial score (nSPS) is 14.3. The van der Waals surface area contributed by atoms with E-state index in [1.165, 1.54) is 11.1 Å². The lowest BCUT2D eigenvalue weighted by Crippen LogP contribution is -1.90. The van der Waals surface area contributed by atoms with Gasteiger partial charge in [-0.2, -0.15) is 0 Å². The Balaban J connectivity index is 2.27. The van der Waals surface area contributed by atoms with Gasteiger partial charge in [-0.25, -0.2) is 0 Å². The van der Waals surface area contributed by atoms with Crippen LogP contribution in [-0.2, 0) is 18.0 Å². The van der Waals surface area contributed by atoms with Gasteiger partial charge in [-0.15, -0.1) is 0 Å². The maximum atomic E-state index is 5.48. The van der Waals surface area contributed by atoms with Crippen molar-refractivity contribution in [2.75, 3.05) is 0 Å². The summed E-state index contributed by atoms with van der Waals surface area (Å²) in [6, 6.07) is 8.17. The van der Waals surface area contributed by atoms with Gasteiger partial charge in [0.05, 0.1) is 13.2 Å². The lowest BCUT2D eigenvalue weighted by Gasteiger charge is -2.02. The fraction of sp³-hybridized carbons (Fsp3) is 0.182. The molecule has 1 aromatic heterocycles. The van der Waals surface area contributed by atoms with Crippen molar-refractivity contribution in [2.45, 2.75) is 13.2 Å². The van der Waals surface area contributed by atoms with Gasteiger partial charge in [-0.3, -0.25) is 0 Å². The molecule has 0 bridgehead atoms. The van der Waals surface area contributed by atoms with E-state index in [2.05, 4.69) is 17.3 Å². The Morgan fingerprint density at radius 2 is 2.00 bits per heavy atom. The second-order valence-corrected chi connectivity index (χ2v) is 3.32. The SMILES string of the molecule is c1ccc2c(c1)COCc1nocc1-2. The molecule has 1 aliphatic rings. The topological polar surface area (TPSA) is 35.3 Å². The van der Waals surface area contributed by atoms with Crippen LogP contribution in [0.5, 0.6) is 0 Å². The van der Waals surface area contributed by atoms with E-state index in [1.54, 1.807) is 6.26 Å². The first-order chi connectivity index (χ1) is 6.95. The molecule has 3 nitrogen and oxygen atoms in total. The van der Waals surface area contributed by atoms with Gasteiger partial charge >= 0.3 is 0 Å². The molecule has 1 aliphatic heterocycles. The highest BCUT2D eigenvalue weighted by Gasteiger charge is 2.16. The summed E-state index contributed by atoms with van der Waals surface area (Å²) in [5.41, 5.74) is 4.30. The third-order valence-electron chi connectivity index (χ3n) is 2.45. The predicted octanol–water partition coefficient (Wildman–Crippen LogP) is 2.37. The molecule has 0 atom stereocenters. The lowest BCUT2D eigenvalue weighted by atomic mass is 10.0. The first kappa shape index (κ1) is 7.76. The number of aromatic nitrogens is 1. The van der Waals surface area contributed by atoms with Gasteiger partial charge in [0.25, 0.3) is 0 Å². The Labute approximate surface area is 81.3 Å². The van der Waals surface area contributed by atoms with E-state index in [1.807, 2.05) is 12.1 Å². The second-order valence-electron chi connectivity index (χ2n) is 3.32. The summed E-state index contributed by atoms with van der Waals surface area (Å²) in [6.07, 6.45) is 1.68. The van der Waals surface area contributed by atoms with E-state index in [0.29, 0.717) is 13.2 Å². The third-order valence-corrected chi connectivity index (χ3v) is 2.45. The molecule has 0 N–H and O–H groups in total. The number of nitrogens with zero attached hydrogens (tertiary/aromatic N) is 1. The summed E-state index contributed by atoms with van der Waals surface area (Å²) < 4.78 is 10.4. The number of hydrogen-bond acceptors (Lipinski definition) is 3. The second kappa shape index (κ2) is 2.96. The molecular weight excluding hydrogens is 178 g/mol. The number of ether oxygens (including phenoxy) is 1. The zero-order valence-electron chi connectivity index (χ0n) is 7.56. The highest BCUT2D eigenvalue weighted by molar-refractivity contribution is 5.68. The van der Waals surface area contributed by atoms with Crippen molar-refractivity contribution >= 4 is 0 Å². The van der Waals surface area contributed by atoms with E-state index in [0.717, 1.165) is 11.3 Å². The molecule has 0 saturated carbocycles. The molecule has 0 radical (unpaired) electrons. The van der Waals surface area contributed by atoms with Gasteiger partial charge in [-0.1, -0.05) is 29.4 Å². The lowest BCUT2D eigenvalue weighted by molar-refractivity contribution is 0.104. The molecule has 3 rings (SSSR count). The zero-order chi connectivity index (χ0) is 9.38. The number of hydrogen-bond donors (Lipinski definition) is 0. The van der Waals surface area contributed by atoms with Crippen LogP contribution in [0, 0.1) is 0 Å². The van der Waals surface area contributed by atoms with Crippen molar-refractivity contribution < 1.29 is 9.26 Å². The molecule has 14 heavy (non-hydrogen) atoms. The minimum Gasteiger partial charge on any atom is -0.370 e. The Kier molecular flexibility index (Phi) is 1.64. The van der Waals surface area contributed by atoms with Crippen LogP contribution in [-0.4, -0.2) is 5.16 Å². The van der Waals surface area contributed by atoms with Gasteiger partial charge in [0.15, 0.2) is 0 Å². The van der Waals surface area contributed by atoms with E-state index in [-0.39, 0.29) is 0 Å². The first-order valence-electron chi connectivity index (χ1n) is 4.54.